The molecule has 104 valence electrons. The molecule has 0 aliphatic carbocycles. The summed E-state index contributed by atoms with van der Waals surface area (Å²) < 4.78 is 0. The number of carbonyl (C=O) groups is 4. The van der Waals surface area contributed by atoms with E-state index in [1.807, 2.05) is 0 Å². The molecule has 0 unspecified atom stereocenters. The van der Waals surface area contributed by atoms with Crippen LogP contribution in [-0.2, 0) is 14.4 Å². The van der Waals surface area contributed by atoms with E-state index in [0.29, 0.717) is 0 Å². The summed E-state index contributed by atoms with van der Waals surface area (Å²) in [5, 5.41) is 29.4. The molecule has 0 saturated carbocycles. The first kappa shape index (κ1) is 29.4. The number of amides is 1. The van der Waals surface area contributed by atoms with Gasteiger partial charge in [-0.05, 0) is 11.0 Å². The van der Waals surface area contributed by atoms with Crippen molar-refractivity contribution in [2.75, 3.05) is 0 Å². The number of carboxylic acid groups (broad SMARTS) is 4. The number of hydrogen-bond donors (Lipinski definition) is 5. The maximum Gasteiger partial charge on any atom is 0.402 e. The third-order valence-corrected chi connectivity index (χ3v) is 0. The second-order valence-corrected chi connectivity index (χ2v) is 1.90. The zero-order valence-corrected chi connectivity index (χ0v) is 9.00. The monoisotopic (exact) mass is 273 g/mol. The molecule has 0 bridgehead atoms. The molecule has 0 saturated heterocycles. The van der Waals surface area contributed by atoms with E-state index in [-0.39, 0.29) is 11.0 Å². The molecule has 0 heterocycles. The number of primary amides is 1. The van der Waals surface area contributed by atoms with Crippen LogP contribution in [0.1, 0.15) is 20.8 Å². The van der Waals surface area contributed by atoms with Crippen LogP contribution >= 0.6 is 0 Å². The lowest BCUT2D eigenvalue weighted by atomic mass is 10.9. The van der Waals surface area contributed by atoms with Crippen molar-refractivity contribution < 1.29 is 39.6 Å². The van der Waals surface area contributed by atoms with Gasteiger partial charge in [0.25, 0.3) is 17.9 Å². The van der Waals surface area contributed by atoms with Gasteiger partial charge in [-0.25, -0.2) is 4.79 Å². The van der Waals surface area contributed by atoms with Crippen molar-refractivity contribution in [1.29, 1.82) is 0 Å². The van der Waals surface area contributed by atoms with Gasteiger partial charge >= 0.3 is 6.09 Å². The quantitative estimate of drug-likeness (QED) is 0.329. The molecular weight excluding hydrogens is 254 g/mol. The summed E-state index contributed by atoms with van der Waals surface area (Å²) in [4.78, 5) is 35.8. The lowest BCUT2D eigenvalue weighted by Crippen LogP contribution is -2.03. The van der Waals surface area contributed by atoms with E-state index in [4.69, 9.17) is 39.6 Å². The SMILES string of the molecule is CC(=O)O.CC(=O)O.CC(=O)O.NC(=O)O.[SiH4]. The van der Waals surface area contributed by atoms with Gasteiger partial charge < -0.3 is 26.2 Å². The summed E-state index contributed by atoms with van der Waals surface area (Å²) in [6.07, 6.45) is -1.33. The van der Waals surface area contributed by atoms with Gasteiger partial charge in [-0.2, -0.15) is 0 Å². The second-order valence-electron chi connectivity index (χ2n) is 1.90. The Labute approximate surface area is 102 Å². The van der Waals surface area contributed by atoms with E-state index in [9.17, 15) is 0 Å². The topological polar surface area (TPSA) is 175 Å². The summed E-state index contributed by atoms with van der Waals surface area (Å²) >= 11 is 0. The number of hydrogen-bond acceptors (Lipinski definition) is 4. The van der Waals surface area contributed by atoms with Crippen LogP contribution in [0, 0.1) is 0 Å². The number of aliphatic carboxylic acids is 3. The van der Waals surface area contributed by atoms with Gasteiger partial charge in [-0.1, -0.05) is 0 Å². The van der Waals surface area contributed by atoms with E-state index < -0.39 is 24.0 Å². The van der Waals surface area contributed by atoms with Crippen LogP contribution in [0.2, 0.25) is 0 Å². The standard InChI is InChI=1S/3C2H4O2.CH3NO2.H4Si/c3*1-2(3)4;2-1(3)4;/h3*1H3,(H,3,4);2H2,(H,3,4);1H4. The third kappa shape index (κ3) is 445. The number of rotatable bonds is 0. The fourth-order valence-electron chi connectivity index (χ4n) is 0. The van der Waals surface area contributed by atoms with Gasteiger partial charge in [0.2, 0.25) is 0 Å². The van der Waals surface area contributed by atoms with Gasteiger partial charge in [0.1, 0.15) is 0 Å². The Kier molecular flexibility index (Phi) is 40.8. The fourth-order valence-corrected chi connectivity index (χ4v) is 0. The van der Waals surface area contributed by atoms with Crippen LogP contribution in [0.4, 0.5) is 4.79 Å². The molecule has 9 nitrogen and oxygen atoms in total. The molecule has 6 N–H and O–H groups in total. The minimum absolute atomic E-state index is 0. The van der Waals surface area contributed by atoms with Crippen molar-refractivity contribution in [3.8, 4) is 0 Å². The molecule has 0 radical (unpaired) electrons. The van der Waals surface area contributed by atoms with Crippen LogP contribution in [0.15, 0.2) is 0 Å². The largest absolute Gasteiger partial charge is 0.481 e. The van der Waals surface area contributed by atoms with E-state index in [1.165, 1.54) is 0 Å². The molecule has 0 aromatic heterocycles. The second kappa shape index (κ2) is 23.6. The molecule has 17 heavy (non-hydrogen) atoms. The molecule has 0 spiro atoms. The Balaban J connectivity index is -0.0000000369. The average Bonchev–Trinajstić information content (AvgIpc) is 1.76. The van der Waals surface area contributed by atoms with Gasteiger partial charge in [0, 0.05) is 20.8 Å². The highest BCUT2D eigenvalue weighted by molar-refractivity contribution is 5.75. The minimum atomic E-state index is -1.33. The minimum Gasteiger partial charge on any atom is -0.481 e. The Morgan fingerprint density at radius 2 is 0.706 bits per heavy atom. The molecule has 0 rings (SSSR count). The molecule has 0 fully saturated rings. The predicted octanol–water partition coefficient (Wildman–Crippen LogP) is -1.56. The van der Waals surface area contributed by atoms with Crippen LogP contribution in [0.5, 0.6) is 0 Å². The van der Waals surface area contributed by atoms with Crippen molar-refractivity contribution in [2.24, 2.45) is 5.73 Å². The molecule has 0 atom stereocenters. The summed E-state index contributed by atoms with van der Waals surface area (Å²) in [6.45, 7) is 3.25. The Bertz CT molecular complexity index is 166. The molecular formula is C7H19NO8Si. The van der Waals surface area contributed by atoms with E-state index in [1.54, 1.807) is 0 Å². The highest BCUT2D eigenvalue weighted by Gasteiger charge is 1.66. The van der Waals surface area contributed by atoms with E-state index >= 15 is 0 Å². The van der Waals surface area contributed by atoms with Crippen LogP contribution in [0.25, 0.3) is 0 Å². The van der Waals surface area contributed by atoms with Crippen molar-refractivity contribution >= 4 is 35.0 Å². The average molecular weight is 273 g/mol. The summed E-state index contributed by atoms with van der Waals surface area (Å²) in [5.41, 5.74) is 4.03. The Morgan fingerprint density at radius 1 is 0.706 bits per heavy atom. The molecule has 0 aliphatic heterocycles. The number of nitrogens with two attached hydrogens (primary N) is 1. The van der Waals surface area contributed by atoms with Crippen LogP contribution < -0.4 is 5.73 Å². The first-order valence-electron chi connectivity index (χ1n) is 3.50. The number of carboxylic acids is 3. The van der Waals surface area contributed by atoms with Crippen LogP contribution in [0.3, 0.4) is 0 Å². The third-order valence-electron chi connectivity index (χ3n) is 0. The van der Waals surface area contributed by atoms with Gasteiger partial charge in [0.05, 0.1) is 0 Å². The molecule has 0 aliphatic rings. The first-order valence-corrected chi connectivity index (χ1v) is 3.50. The van der Waals surface area contributed by atoms with Gasteiger partial charge in [0.15, 0.2) is 0 Å². The highest BCUT2D eigenvalue weighted by atomic mass is 28.1. The lowest BCUT2D eigenvalue weighted by Gasteiger charge is -1.61. The predicted molar refractivity (Wildman–Crippen MR) is 63.5 cm³/mol. The molecule has 0 aromatic carbocycles. The zero-order chi connectivity index (χ0) is 14.3. The van der Waals surface area contributed by atoms with Gasteiger partial charge in [-0.3, -0.25) is 14.4 Å². The van der Waals surface area contributed by atoms with Crippen LogP contribution in [-0.4, -0.2) is 55.4 Å². The summed E-state index contributed by atoms with van der Waals surface area (Å²) in [7, 11) is 0. The van der Waals surface area contributed by atoms with Crippen molar-refractivity contribution in [3.05, 3.63) is 0 Å². The molecule has 10 heteroatoms. The highest BCUT2D eigenvalue weighted by Crippen LogP contribution is 1.42. The van der Waals surface area contributed by atoms with Gasteiger partial charge in [-0.15, -0.1) is 0 Å². The van der Waals surface area contributed by atoms with Crippen molar-refractivity contribution in [3.63, 3.8) is 0 Å². The normalized spacial score (nSPS) is 5.82. The fraction of sp³-hybridized carbons (Fsp3) is 0.429. The van der Waals surface area contributed by atoms with Crippen molar-refractivity contribution in [1.82, 2.24) is 0 Å². The lowest BCUT2D eigenvalue weighted by molar-refractivity contribution is -0.135. The Morgan fingerprint density at radius 3 is 0.706 bits per heavy atom. The molecule has 1 amide bonds. The maximum absolute atomic E-state index is 9.00. The maximum atomic E-state index is 9.00. The van der Waals surface area contributed by atoms with E-state index in [2.05, 4.69) is 5.73 Å². The zero-order valence-electron chi connectivity index (χ0n) is 9.00. The first-order chi connectivity index (χ1) is 6.93. The summed E-state index contributed by atoms with van der Waals surface area (Å²) in [6, 6.07) is 0. The summed E-state index contributed by atoms with van der Waals surface area (Å²) in [5.74, 6) is -2.50. The van der Waals surface area contributed by atoms with E-state index in [0.717, 1.165) is 20.8 Å². The molecule has 0 aromatic rings. The smallest absolute Gasteiger partial charge is 0.402 e. The van der Waals surface area contributed by atoms with Crippen molar-refractivity contribution in [2.45, 2.75) is 20.8 Å². The Hall–Kier alpha value is -2.10.